The summed E-state index contributed by atoms with van der Waals surface area (Å²) >= 11 is 0. The molecule has 0 aromatic carbocycles. The van der Waals surface area contributed by atoms with Gasteiger partial charge in [0.15, 0.2) is 5.65 Å². The van der Waals surface area contributed by atoms with E-state index in [1.54, 1.807) is 0 Å². The van der Waals surface area contributed by atoms with E-state index < -0.39 is 0 Å². The largest absolute Gasteiger partial charge is 0.369 e. The average Bonchev–Trinajstić information content (AvgIpc) is 2.04. The van der Waals surface area contributed by atoms with Gasteiger partial charge in [-0.2, -0.15) is 10.1 Å². The van der Waals surface area contributed by atoms with Crippen LogP contribution in [0.2, 0.25) is 0 Å². The van der Waals surface area contributed by atoms with Gasteiger partial charge in [-0.05, 0) is 6.07 Å². The number of nitrogens with two attached hydrogens (primary N) is 1. The Balaban J connectivity index is 2.99. The molecule has 0 aliphatic heterocycles. The van der Waals surface area contributed by atoms with Crippen LogP contribution in [0.3, 0.4) is 0 Å². The molecule has 2 heterocycles. The highest BCUT2D eigenvalue weighted by molar-refractivity contribution is 5.72. The van der Waals surface area contributed by atoms with Crippen LogP contribution in [-0.2, 0) is 0 Å². The Bertz CT molecular complexity index is 477. The first kappa shape index (κ1) is 6.71. The number of nitrogens with one attached hydrogen (secondary N) is 1. The van der Waals surface area contributed by atoms with Gasteiger partial charge in [0.25, 0.3) is 5.56 Å². The summed E-state index contributed by atoms with van der Waals surface area (Å²) in [7, 11) is 0. The van der Waals surface area contributed by atoms with Crippen LogP contribution in [0.25, 0.3) is 11.0 Å². The van der Waals surface area contributed by atoms with Crippen molar-refractivity contribution < 1.29 is 0 Å². The lowest BCUT2D eigenvalue weighted by Gasteiger charge is -1.94. The normalized spacial score (nSPS) is 10.3. The molecule has 0 saturated carbocycles. The van der Waals surface area contributed by atoms with Crippen molar-refractivity contribution in [3.8, 4) is 0 Å². The van der Waals surface area contributed by atoms with Crippen molar-refractivity contribution in [3.05, 3.63) is 22.6 Å². The zero-order chi connectivity index (χ0) is 8.55. The average molecular weight is 163 g/mol. The molecule has 3 N–H and O–H groups in total. The fourth-order valence-corrected chi connectivity index (χ4v) is 0.910. The molecule has 0 spiro atoms. The fraction of sp³-hybridized carbons (Fsp3) is 0. The Hall–Kier alpha value is -1.98. The van der Waals surface area contributed by atoms with Crippen molar-refractivity contribution >= 4 is 17.0 Å². The Kier molecular flexibility index (Phi) is 1.26. The molecule has 60 valence electrons. The smallest absolute Gasteiger partial charge is 0.261 e. The molecule has 0 atom stereocenters. The first-order valence-electron chi connectivity index (χ1n) is 3.24. The van der Waals surface area contributed by atoms with Gasteiger partial charge in [-0.3, -0.25) is 9.78 Å². The van der Waals surface area contributed by atoms with Gasteiger partial charge < -0.3 is 5.73 Å². The first-order chi connectivity index (χ1) is 5.77. The van der Waals surface area contributed by atoms with Gasteiger partial charge in [-0.25, -0.2) is 0 Å². The number of nitrogen functional groups attached to an aromatic ring is 1. The van der Waals surface area contributed by atoms with Crippen molar-refractivity contribution in [2.24, 2.45) is 0 Å². The van der Waals surface area contributed by atoms with E-state index in [2.05, 4.69) is 20.2 Å². The highest BCUT2D eigenvalue weighted by atomic mass is 16.1. The van der Waals surface area contributed by atoms with Crippen LogP contribution >= 0.6 is 0 Å². The maximum absolute atomic E-state index is 11.2. The molecule has 0 aliphatic carbocycles. The zero-order valence-corrected chi connectivity index (χ0v) is 5.98. The Morgan fingerprint density at radius 3 is 3.17 bits per heavy atom. The van der Waals surface area contributed by atoms with Gasteiger partial charge in [0.1, 0.15) is 0 Å². The van der Waals surface area contributed by atoms with Crippen molar-refractivity contribution in [1.82, 2.24) is 20.2 Å². The highest BCUT2D eigenvalue weighted by Gasteiger charge is 2.00. The first-order valence-corrected chi connectivity index (χ1v) is 3.24. The second-order valence-corrected chi connectivity index (χ2v) is 2.22. The van der Waals surface area contributed by atoms with Gasteiger partial charge in [0.2, 0.25) is 5.95 Å². The van der Waals surface area contributed by atoms with Crippen LogP contribution in [-0.4, -0.2) is 20.2 Å². The summed E-state index contributed by atoms with van der Waals surface area (Å²) in [6.45, 7) is 0. The maximum Gasteiger partial charge on any atom is 0.261 e. The minimum absolute atomic E-state index is 0.0491. The van der Waals surface area contributed by atoms with Crippen LogP contribution in [0.15, 0.2) is 17.1 Å². The van der Waals surface area contributed by atoms with Crippen molar-refractivity contribution in [2.45, 2.75) is 0 Å². The third kappa shape index (κ3) is 0.895. The minimum Gasteiger partial charge on any atom is -0.369 e. The Morgan fingerprint density at radius 2 is 2.33 bits per heavy atom. The van der Waals surface area contributed by atoms with Crippen molar-refractivity contribution in [1.29, 1.82) is 0 Å². The molecule has 0 saturated heterocycles. The molecule has 0 bridgehead atoms. The van der Waals surface area contributed by atoms with Crippen LogP contribution < -0.4 is 11.3 Å². The maximum atomic E-state index is 11.2. The topological polar surface area (TPSA) is 97.5 Å². The second kappa shape index (κ2) is 2.26. The number of nitrogens with zero attached hydrogens (tertiary/aromatic N) is 3. The lowest BCUT2D eigenvalue weighted by molar-refractivity contribution is 1.03. The van der Waals surface area contributed by atoms with E-state index in [9.17, 15) is 4.79 Å². The van der Waals surface area contributed by atoms with Crippen LogP contribution in [0.1, 0.15) is 0 Å². The van der Waals surface area contributed by atoms with E-state index in [-0.39, 0.29) is 17.2 Å². The molecule has 0 unspecified atom stereocenters. The molecule has 6 nitrogen and oxygen atoms in total. The van der Waals surface area contributed by atoms with Gasteiger partial charge in [0, 0.05) is 0 Å². The summed E-state index contributed by atoms with van der Waals surface area (Å²) in [5, 5.41) is 7.60. The lowest BCUT2D eigenvalue weighted by Crippen LogP contribution is -2.11. The van der Waals surface area contributed by atoms with Gasteiger partial charge in [-0.1, -0.05) is 0 Å². The Labute approximate surface area is 66.5 Å². The molecular weight excluding hydrogens is 158 g/mol. The van der Waals surface area contributed by atoms with E-state index in [1.165, 1.54) is 12.3 Å². The van der Waals surface area contributed by atoms with Gasteiger partial charge in [-0.15, -0.1) is 5.10 Å². The monoisotopic (exact) mass is 163 g/mol. The number of fused-ring (bicyclic) bond motifs is 1. The van der Waals surface area contributed by atoms with Crippen LogP contribution in [0.5, 0.6) is 0 Å². The summed E-state index contributed by atoms with van der Waals surface area (Å²) in [6, 6.07) is 1.54. The molecule has 6 heteroatoms. The quantitative estimate of drug-likeness (QED) is 0.535. The number of anilines is 1. The molecule has 12 heavy (non-hydrogen) atoms. The van der Waals surface area contributed by atoms with E-state index in [4.69, 9.17) is 5.73 Å². The summed E-state index contributed by atoms with van der Waals surface area (Å²) in [5.74, 6) is 0.0491. The predicted molar refractivity (Wildman–Crippen MR) is 42.4 cm³/mol. The third-order valence-electron chi connectivity index (χ3n) is 1.41. The summed E-state index contributed by atoms with van der Waals surface area (Å²) < 4.78 is 0. The molecule has 2 aromatic rings. The summed E-state index contributed by atoms with van der Waals surface area (Å²) in [6.07, 6.45) is 1.43. The molecule has 0 radical (unpaired) electrons. The van der Waals surface area contributed by atoms with Gasteiger partial charge in [0.05, 0.1) is 11.6 Å². The number of hydrogen-bond donors (Lipinski definition) is 2. The molecule has 0 amide bonds. The predicted octanol–water partition coefficient (Wildman–Crippen LogP) is -0.705. The number of aromatic nitrogens is 4. The number of H-pyrrole nitrogens is 1. The highest BCUT2D eigenvalue weighted by Crippen LogP contribution is 1.99. The number of aromatic amines is 1. The molecule has 0 fully saturated rings. The molecule has 2 aromatic heterocycles. The molecule has 0 aliphatic rings. The second-order valence-electron chi connectivity index (χ2n) is 2.22. The lowest BCUT2D eigenvalue weighted by atomic mass is 10.4. The zero-order valence-electron chi connectivity index (χ0n) is 5.98. The van der Waals surface area contributed by atoms with Crippen molar-refractivity contribution in [2.75, 3.05) is 5.73 Å². The number of hydrogen-bond acceptors (Lipinski definition) is 5. The summed E-state index contributed by atoms with van der Waals surface area (Å²) in [5.41, 5.74) is 5.25. The van der Waals surface area contributed by atoms with Crippen molar-refractivity contribution in [3.63, 3.8) is 0 Å². The van der Waals surface area contributed by atoms with E-state index >= 15 is 0 Å². The SMILES string of the molecule is Nc1nc2nnccc2c(=O)[nH]1. The minimum atomic E-state index is -0.299. The van der Waals surface area contributed by atoms with E-state index in [1.807, 2.05) is 0 Å². The molecular formula is C6H5N5O. The molecule has 2 rings (SSSR count). The van der Waals surface area contributed by atoms with Gasteiger partial charge >= 0.3 is 0 Å². The standard InChI is InChI=1S/C6H5N5O/c7-6-9-4-3(5(12)10-6)1-2-8-11-4/h1-2H,(H3,7,9,10,11,12). The number of rotatable bonds is 0. The van der Waals surface area contributed by atoms with Crippen LogP contribution in [0, 0.1) is 0 Å². The van der Waals surface area contributed by atoms with E-state index in [0.717, 1.165) is 0 Å². The fourth-order valence-electron chi connectivity index (χ4n) is 0.910. The van der Waals surface area contributed by atoms with Crippen LogP contribution in [0.4, 0.5) is 5.95 Å². The third-order valence-corrected chi connectivity index (χ3v) is 1.41. The summed E-state index contributed by atoms with van der Waals surface area (Å²) in [4.78, 5) is 17.3. The Morgan fingerprint density at radius 1 is 1.50 bits per heavy atom. The van der Waals surface area contributed by atoms with E-state index in [0.29, 0.717) is 5.39 Å².